The first-order chi connectivity index (χ1) is 13.3. The normalized spacial score (nSPS) is 19.7. The number of benzene rings is 2. The van der Waals surface area contributed by atoms with E-state index in [1.54, 1.807) is 6.07 Å². The third-order valence-electron chi connectivity index (χ3n) is 4.97. The number of aliphatic carboxylic acids is 1. The molecule has 1 saturated carbocycles. The van der Waals surface area contributed by atoms with E-state index in [0.29, 0.717) is 12.0 Å². The Morgan fingerprint density at radius 2 is 1.82 bits per heavy atom. The molecule has 0 radical (unpaired) electrons. The van der Waals surface area contributed by atoms with Crippen LogP contribution in [0.5, 0.6) is 0 Å². The lowest BCUT2D eigenvalue weighted by Crippen LogP contribution is -2.35. The lowest BCUT2D eigenvalue weighted by molar-refractivity contribution is -0.141. The van der Waals surface area contributed by atoms with Crippen LogP contribution in [0.1, 0.15) is 29.0 Å². The second-order valence-corrected chi connectivity index (χ2v) is 7.04. The lowest BCUT2D eigenvalue weighted by Gasteiger charge is -2.14. The van der Waals surface area contributed by atoms with Crippen molar-refractivity contribution in [2.24, 2.45) is 11.8 Å². The van der Waals surface area contributed by atoms with Gasteiger partial charge in [-0.25, -0.2) is 0 Å². The number of hydrogen-bond acceptors (Lipinski definition) is 2. The number of carboxylic acid groups (broad SMARTS) is 1. The van der Waals surface area contributed by atoms with Crippen LogP contribution in [-0.4, -0.2) is 23.5 Å². The fourth-order valence-electron chi connectivity index (χ4n) is 3.30. The summed E-state index contributed by atoms with van der Waals surface area (Å²) >= 11 is 0. The Hall–Kier alpha value is -2.83. The highest BCUT2D eigenvalue weighted by molar-refractivity contribution is 5.83. The molecule has 0 aliphatic heterocycles. The van der Waals surface area contributed by atoms with Gasteiger partial charge in [0.25, 0.3) is 0 Å². The van der Waals surface area contributed by atoms with Crippen LogP contribution in [0.3, 0.4) is 0 Å². The number of carbonyl (C=O) groups excluding carboxylic acids is 1. The summed E-state index contributed by atoms with van der Waals surface area (Å²) in [5.41, 5.74) is 0.608. The monoisotopic (exact) mass is 391 g/mol. The molecule has 0 bridgehead atoms. The number of nitrogens with one attached hydrogen (secondary N) is 1. The van der Waals surface area contributed by atoms with E-state index in [2.05, 4.69) is 5.32 Å². The molecule has 3 rings (SSSR count). The lowest BCUT2D eigenvalue weighted by atomic mass is 9.99. The van der Waals surface area contributed by atoms with Gasteiger partial charge >= 0.3 is 12.1 Å². The highest BCUT2D eigenvalue weighted by Gasteiger charge is 2.44. The van der Waals surface area contributed by atoms with Crippen LogP contribution in [0.4, 0.5) is 13.2 Å². The van der Waals surface area contributed by atoms with Gasteiger partial charge in [0.2, 0.25) is 5.91 Å². The average Bonchev–Trinajstić information content (AvgIpc) is 3.46. The summed E-state index contributed by atoms with van der Waals surface area (Å²) in [7, 11) is 0. The van der Waals surface area contributed by atoms with E-state index in [1.807, 2.05) is 30.3 Å². The van der Waals surface area contributed by atoms with Crippen molar-refractivity contribution >= 4 is 11.9 Å². The van der Waals surface area contributed by atoms with Crippen LogP contribution in [0.25, 0.3) is 0 Å². The van der Waals surface area contributed by atoms with Crippen molar-refractivity contribution in [1.82, 2.24) is 5.32 Å². The van der Waals surface area contributed by atoms with Crippen LogP contribution < -0.4 is 5.32 Å². The van der Waals surface area contributed by atoms with Crippen LogP contribution >= 0.6 is 0 Å². The van der Waals surface area contributed by atoms with Crippen molar-refractivity contribution in [3.05, 3.63) is 71.3 Å². The highest BCUT2D eigenvalue weighted by Crippen LogP contribution is 2.48. The van der Waals surface area contributed by atoms with E-state index in [0.717, 1.165) is 17.7 Å². The second-order valence-electron chi connectivity index (χ2n) is 7.04. The van der Waals surface area contributed by atoms with E-state index in [9.17, 15) is 27.9 Å². The number of carbonyl (C=O) groups is 2. The van der Waals surface area contributed by atoms with Crippen molar-refractivity contribution in [3.8, 4) is 0 Å². The van der Waals surface area contributed by atoms with Crippen molar-refractivity contribution in [1.29, 1.82) is 0 Å². The molecule has 7 heteroatoms. The van der Waals surface area contributed by atoms with Crippen LogP contribution in [0.2, 0.25) is 0 Å². The third kappa shape index (κ3) is 4.91. The van der Waals surface area contributed by atoms with Gasteiger partial charge in [-0.2, -0.15) is 13.2 Å². The Bertz CT molecular complexity index is 851. The maximum Gasteiger partial charge on any atom is 0.416 e. The molecule has 3 unspecified atom stereocenters. The molecular formula is C21H20F3NO3. The maximum absolute atomic E-state index is 12.8. The first-order valence-electron chi connectivity index (χ1n) is 8.97. The number of rotatable bonds is 7. The molecule has 1 amide bonds. The standard InChI is InChI=1S/C21H20F3NO3/c22-21(23,24)16-8-4-7-14(10-16)17-11-18(17)19(26)25-12-15(20(27)28)9-13-5-2-1-3-6-13/h1-8,10,15,17-18H,9,11-12H2,(H,25,26)(H,27,28). The number of amides is 1. The molecule has 4 nitrogen and oxygen atoms in total. The minimum atomic E-state index is -4.42. The van der Waals surface area contributed by atoms with E-state index < -0.39 is 29.5 Å². The van der Waals surface area contributed by atoms with Gasteiger partial charge in [0.05, 0.1) is 11.5 Å². The van der Waals surface area contributed by atoms with Gasteiger partial charge in [0.15, 0.2) is 0 Å². The largest absolute Gasteiger partial charge is 0.481 e. The summed E-state index contributed by atoms with van der Waals surface area (Å²) in [6.45, 7) is -0.0190. The molecule has 148 valence electrons. The summed E-state index contributed by atoms with van der Waals surface area (Å²) in [5, 5.41) is 12.0. The Kier molecular flexibility index (Phi) is 5.72. The van der Waals surface area contributed by atoms with Crippen molar-refractivity contribution < 1.29 is 27.9 Å². The molecule has 3 atom stereocenters. The molecule has 0 heterocycles. The Morgan fingerprint density at radius 3 is 2.46 bits per heavy atom. The molecule has 2 aromatic carbocycles. The zero-order chi connectivity index (χ0) is 20.3. The molecule has 2 N–H and O–H groups in total. The number of halogens is 3. The Morgan fingerprint density at radius 1 is 1.11 bits per heavy atom. The summed E-state index contributed by atoms with van der Waals surface area (Å²) in [6.07, 6.45) is -3.67. The van der Waals surface area contributed by atoms with Crippen molar-refractivity contribution in [2.45, 2.75) is 24.9 Å². The highest BCUT2D eigenvalue weighted by atomic mass is 19.4. The van der Waals surface area contributed by atoms with E-state index in [4.69, 9.17) is 0 Å². The van der Waals surface area contributed by atoms with Gasteiger partial charge in [-0.15, -0.1) is 0 Å². The summed E-state index contributed by atoms with van der Waals surface area (Å²) in [6, 6.07) is 14.1. The fourth-order valence-corrected chi connectivity index (χ4v) is 3.30. The first-order valence-corrected chi connectivity index (χ1v) is 8.97. The molecule has 0 spiro atoms. The van der Waals surface area contributed by atoms with Gasteiger partial charge in [-0.1, -0.05) is 48.5 Å². The maximum atomic E-state index is 12.8. The Labute approximate surface area is 160 Å². The molecule has 1 aliphatic carbocycles. The SMILES string of the molecule is O=C(O)C(CNC(=O)C1CC1c1cccc(C(F)(F)F)c1)Cc1ccccc1. The molecule has 2 aromatic rings. The number of hydrogen-bond donors (Lipinski definition) is 2. The molecule has 1 fully saturated rings. The minimum Gasteiger partial charge on any atom is -0.481 e. The summed E-state index contributed by atoms with van der Waals surface area (Å²) in [4.78, 5) is 23.8. The molecular weight excluding hydrogens is 371 g/mol. The van der Waals surface area contributed by atoms with Crippen molar-refractivity contribution in [3.63, 3.8) is 0 Å². The Balaban J connectivity index is 1.56. The van der Waals surface area contributed by atoms with Crippen LogP contribution in [-0.2, 0) is 22.2 Å². The number of carboxylic acids is 1. The van der Waals surface area contributed by atoms with E-state index in [-0.39, 0.29) is 24.8 Å². The van der Waals surface area contributed by atoms with Gasteiger partial charge in [0.1, 0.15) is 0 Å². The summed E-state index contributed by atoms with van der Waals surface area (Å²) < 4.78 is 38.5. The molecule has 0 saturated heterocycles. The third-order valence-corrected chi connectivity index (χ3v) is 4.97. The van der Waals surface area contributed by atoms with Crippen LogP contribution in [0.15, 0.2) is 54.6 Å². The average molecular weight is 391 g/mol. The quantitative estimate of drug-likeness (QED) is 0.753. The van der Waals surface area contributed by atoms with E-state index >= 15 is 0 Å². The minimum absolute atomic E-state index is 0.0190. The van der Waals surface area contributed by atoms with Gasteiger partial charge in [-0.3, -0.25) is 9.59 Å². The predicted octanol–water partition coefficient (Wildman–Crippen LogP) is 3.87. The topological polar surface area (TPSA) is 66.4 Å². The number of alkyl halides is 3. The van der Waals surface area contributed by atoms with Gasteiger partial charge < -0.3 is 10.4 Å². The van der Waals surface area contributed by atoms with Gasteiger partial charge in [-0.05, 0) is 36.0 Å². The summed E-state index contributed by atoms with van der Waals surface area (Å²) in [5.74, 6) is -2.78. The molecule has 0 aromatic heterocycles. The fraction of sp³-hybridized carbons (Fsp3) is 0.333. The van der Waals surface area contributed by atoms with E-state index in [1.165, 1.54) is 6.07 Å². The van der Waals surface area contributed by atoms with Gasteiger partial charge in [0, 0.05) is 12.5 Å². The van der Waals surface area contributed by atoms with Crippen LogP contribution in [0, 0.1) is 11.8 Å². The first kappa shape index (κ1) is 19.9. The second kappa shape index (κ2) is 8.04. The smallest absolute Gasteiger partial charge is 0.416 e. The zero-order valence-electron chi connectivity index (χ0n) is 14.9. The van der Waals surface area contributed by atoms with Crippen molar-refractivity contribution in [2.75, 3.05) is 6.54 Å². The molecule has 1 aliphatic rings. The molecule has 28 heavy (non-hydrogen) atoms. The zero-order valence-corrected chi connectivity index (χ0v) is 14.9. The predicted molar refractivity (Wildman–Crippen MR) is 96.6 cm³/mol.